The van der Waals surface area contributed by atoms with Crippen LogP contribution in [0.3, 0.4) is 0 Å². The molecule has 1 amide bonds. The van der Waals surface area contributed by atoms with E-state index in [9.17, 15) is 4.79 Å². The number of ether oxygens (including phenoxy) is 1. The lowest BCUT2D eigenvalue weighted by Gasteiger charge is -2.15. The standard InChI is InChI=1S/C11H12BNO2.C3H8/c12-11(14)13-9(10-7-15-10)6-8-4-2-1-3-5-8;1-3-2/h1-5,9-10H,6-7H2,(H,13,14);3H2,1-2H3/t9?,10-;/m1./s1. The molecule has 0 aliphatic carbocycles. The van der Waals surface area contributed by atoms with E-state index in [0.717, 1.165) is 6.42 Å². The summed E-state index contributed by atoms with van der Waals surface area (Å²) in [6.45, 7) is 4.96. The number of rotatable bonds is 4. The van der Waals surface area contributed by atoms with Gasteiger partial charge in [-0.3, -0.25) is 4.79 Å². The van der Waals surface area contributed by atoms with Crippen LogP contribution in [-0.4, -0.2) is 32.4 Å². The number of carbonyl (C=O) groups is 1. The molecule has 3 nitrogen and oxygen atoms in total. The van der Waals surface area contributed by atoms with Crippen LogP contribution in [0.5, 0.6) is 0 Å². The van der Waals surface area contributed by atoms with Crippen LogP contribution in [0, 0.1) is 0 Å². The van der Waals surface area contributed by atoms with E-state index in [2.05, 4.69) is 19.2 Å². The van der Waals surface area contributed by atoms with Crippen molar-refractivity contribution in [2.75, 3.05) is 6.61 Å². The fourth-order valence-electron chi connectivity index (χ4n) is 1.61. The van der Waals surface area contributed by atoms with E-state index in [-0.39, 0.29) is 12.1 Å². The van der Waals surface area contributed by atoms with Crippen LogP contribution in [-0.2, 0) is 11.2 Å². The Morgan fingerprint density at radius 2 is 2.00 bits per heavy atom. The maximum absolute atomic E-state index is 10.8. The molecule has 1 aliphatic rings. The summed E-state index contributed by atoms with van der Waals surface area (Å²) in [7, 11) is 5.11. The monoisotopic (exact) mass is 245 g/mol. The minimum Gasteiger partial charge on any atom is -0.371 e. The fourth-order valence-corrected chi connectivity index (χ4v) is 1.61. The summed E-state index contributed by atoms with van der Waals surface area (Å²) < 4.78 is 5.17. The molecule has 1 aliphatic heterocycles. The van der Waals surface area contributed by atoms with Crippen molar-refractivity contribution < 1.29 is 9.53 Å². The Bertz CT molecular complexity index is 352. The number of hydrogen-bond acceptors (Lipinski definition) is 2. The summed E-state index contributed by atoms with van der Waals surface area (Å²) in [6.07, 6.45) is 2.13. The number of hydrogen-bond donors (Lipinski definition) is 1. The van der Waals surface area contributed by atoms with Crippen molar-refractivity contribution in [3.8, 4) is 0 Å². The molecule has 4 heteroatoms. The van der Waals surface area contributed by atoms with E-state index in [0.29, 0.717) is 6.61 Å². The quantitative estimate of drug-likeness (QED) is 0.653. The summed E-state index contributed by atoms with van der Waals surface area (Å²) in [4.78, 5) is 10.8. The van der Waals surface area contributed by atoms with Crippen molar-refractivity contribution in [2.45, 2.75) is 38.8 Å². The lowest BCUT2D eigenvalue weighted by atomic mass is 10.0. The minimum absolute atomic E-state index is 0.00935. The molecule has 1 unspecified atom stereocenters. The number of amides is 1. The lowest BCUT2D eigenvalue weighted by molar-refractivity contribution is 0.251. The summed E-state index contributed by atoms with van der Waals surface area (Å²) >= 11 is 0. The summed E-state index contributed by atoms with van der Waals surface area (Å²) in [5.41, 5.74) is 1.17. The third-order valence-electron chi connectivity index (χ3n) is 2.43. The molecule has 96 valence electrons. The molecule has 18 heavy (non-hydrogen) atoms. The SMILES string of the molecule is CCC.[B]C(=O)NC(Cc1ccccc1)[C@H]1CO1. The van der Waals surface area contributed by atoms with Crippen molar-refractivity contribution in [3.63, 3.8) is 0 Å². The third kappa shape index (κ3) is 5.87. The van der Waals surface area contributed by atoms with Crippen molar-refractivity contribution in [1.29, 1.82) is 0 Å². The van der Waals surface area contributed by atoms with E-state index in [1.54, 1.807) is 0 Å². The average molecular weight is 245 g/mol. The van der Waals surface area contributed by atoms with Gasteiger partial charge < -0.3 is 10.1 Å². The number of carbonyl (C=O) groups excluding carboxylic acids is 1. The average Bonchev–Trinajstić information content (AvgIpc) is 3.14. The van der Waals surface area contributed by atoms with Crippen LogP contribution in [0.1, 0.15) is 25.8 Å². The molecule has 0 spiro atoms. The van der Waals surface area contributed by atoms with Gasteiger partial charge in [0, 0.05) is 0 Å². The molecule has 2 rings (SSSR count). The molecule has 0 saturated carbocycles. The topological polar surface area (TPSA) is 41.6 Å². The van der Waals surface area contributed by atoms with Crippen molar-refractivity contribution >= 4 is 13.7 Å². The summed E-state index contributed by atoms with van der Waals surface area (Å²) in [6, 6.07) is 9.96. The number of benzene rings is 1. The first-order chi connectivity index (χ1) is 8.67. The Hall–Kier alpha value is -1.29. The van der Waals surface area contributed by atoms with Gasteiger partial charge in [0.15, 0.2) is 5.81 Å². The van der Waals surface area contributed by atoms with Gasteiger partial charge >= 0.3 is 0 Å². The third-order valence-corrected chi connectivity index (χ3v) is 2.43. The van der Waals surface area contributed by atoms with Crippen LogP contribution in [0.25, 0.3) is 0 Å². The highest BCUT2D eigenvalue weighted by atomic mass is 16.6. The predicted molar refractivity (Wildman–Crippen MR) is 73.9 cm³/mol. The zero-order valence-corrected chi connectivity index (χ0v) is 11.1. The molecular weight excluding hydrogens is 225 g/mol. The van der Waals surface area contributed by atoms with Gasteiger partial charge in [0.2, 0.25) is 7.85 Å². The maximum atomic E-state index is 10.8. The molecule has 2 radical (unpaired) electrons. The second-order valence-corrected chi connectivity index (χ2v) is 4.38. The Morgan fingerprint density at radius 1 is 1.44 bits per heavy atom. The highest BCUT2D eigenvalue weighted by molar-refractivity contribution is 6.57. The zero-order valence-electron chi connectivity index (χ0n) is 11.1. The summed E-state index contributed by atoms with van der Waals surface area (Å²) in [5.74, 6) is -0.494. The summed E-state index contributed by atoms with van der Waals surface area (Å²) in [5, 5.41) is 2.70. The predicted octanol–water partition coefficient (Wildman–Crippen LogP) is 2.29. The molecule has 1 fully saturated rings. The van der Waals surface area contributed by atoms with Gasteiger partial charge in [-0.15, -0.1) is 0 Å². The highest BCUT2D eigenvalue weighted by Crippen LogP contribution is 2.17. The maximum Gasteiger partial charge on any atom is 0.200 e. The van der Waals surface area contributed by atoms with Crippen LogP contribution in [0.2, 0.25) is 0 Å². The van der Waals surface area contributed by atoms with Gasteiger partial charge in [0.1, 0.15) is 6.10 Å². The second kappa shape index (κ2) is 7.93. The molecule has 1 aromatic rings. The van der Waals surface area contributed by atoms with Crippen LogP contribution in [0.15, 0.2) is 30.3 Å². The van der Waals surface area contributed by atoms with E-state index < -0.39 is 5.81 Å². The molecular formula is C14H20BNO2. The fraction of sp³-hybridized carbons (Fsp3) is 0.500. The Labute approximate surface area is 110 Å². The molecule has 0 aromatic heterocycles. The smallest absolute Gasteiger partial charge is 0.200 e. The van der Waals surface area contributed by atoms with Crippen LogP contribution < -0.4 is 5.32 Å². The molecule has 1 saturated heterocycles. The second-order valence-electron chi connectivity index (χ2n) is 4.38. The molecule has 1 aromatic carbocycles. The van der Waals surface area contributed by atoms with Crippen LogP contribution in [0.4, 0.5) is 4.79 Å². The Balaban J connectivity index is 0.000000492. The first-order valence-electron chi connectivity index (χ1n) is 6.38. The van der Waals surface area contributed by atoms with Crippen molar-refractivity contribution in [1.82, 2.24) is 5.32 Å². The van der Waals surface area contributed by atoms with Gasteiger partial charge in [0.25, 0.3) is 0 Å². The zero-order chi connectivity index (χ0) is 13.4. The van der Waals surface area contributed by atoms with Gasteiger partial charge in [0.05, 0.1) is 12.6 Å². The molecule has 1 N–H and O–H groups in total. The first-order valence-corrected chi connectivity index (χ1v) is 6.38. The lowest BCUT2D eigenvalue weighted by Crippen LogP contribution is -2.39. The van der Waals surface area contributed by atoms with E-state index in [1.165, 1.54) is 12.0 Å². The van der Waals surface area contributed by atoms with E-state index in [4.69, 9.17) is 12.6 Å². The Kier molecular flexibility index (Phi) is 6.51. The van der Waals surface area contributed by atoms with Gasteiger partial charge in [-0.25, -0.2) is 0 Å². The van der Waals surface area contributed by atoms with Crippen molar-refractivity contribution in [2.24, 2.45) is 0 Å². The van der Waals surface area contributed by atoms with Crippen LogP contribution >= 0.6 is 0 Å². The van der Waals surface area contributed by atoms with Gasteiger partial charge in [-0.2, -0.15) is 0 Å². The largest absolute Gasteiger partial charge is 0.371 e. The number of epoxide rings is 1. The minimum atomic E-state index is -0.494. The van der Waals surface area contributed by atoms with Crippen molar-refractivity contribution in [3.05, 3.63) is 35.9 Å². The molecule has 2 atom stereocenters. The van der Waals surface area contributed by atoms with Gasteiger partial charge in [-0.05, 0) is 12.0 Å². The molecule has 1 heterocycles. The Morgan fingerprint density at radius 3 is 2.44 bits per heavy atom. The molecule has 0 bridgehead atoms. The normalized spacial score (nSPS) is 18.2. The van der Waals surface area contributed by atoms with E-state index >= 15 is 0 Å². The first kappa shape index (κ1) is 14.8. The highest BCUT2D eigenvalue weighted by Gasteiger charge is 2.33. The number of nitrogens with one attached hydrogen (secondary N) is 1. The van der Waals surface area contributed by atoms with Gasteiger partial charge in [-0.1, -0.05) is 50.6 Å². The van der Waals surface area contributed by atoms with E-state index in [1.807, 2.05) is 30.3 Å².